The number of hydrogen-bond donors (Lipinski definition) is 3. The zero-order valence-corrected chi connectivity index (χ0v) is 33.9. The van der Waals surface area contributed by atoms with Crippen molar-refractivity contribution >= 4 is 80.7 Å². The van der Waals surface area contributed by atoms with E-state index in [-0.39, 0.29) is 55.2 Å². The monoisotopic (exact) mass is 825 g/mol. The number of rotatable bonds is 14. The van der Waals surface area contributed by atoms with Gasteiger partial charge in [0.1, 0.15) is 34.2 Å². The molecule has 58 heavy (non-hydrogen) atoms. The number of imide groups is 1. The summed E-state index contributed by atoms with van der Waals surface area (Å²) >= 11 is 7.48. The minimum Gasteiger partial charge on any atom is -0.353 e. The number of amides is 5. The Balaban J connectivity index is 0.826. The van der Waals surface area contributed by atoms with Gasteiger partial charge in [0.25, 0.3) is 11.8 Å². The summed E-state index contributed by atoms with van der Waals surface area (Å²) < 4.78 is 0. The van der Waals surface area contributed by atoms with Crippen molar-refractivity contribution in [3.05, 3.63) is 86.6 Å². The lowest BCUT2D eigenvalue weighted by atomic mass is 9.97. The molecule has 0 bridgehead atoms. The highest BCUT2D eigenvalue weighted by atomic mass is 35.5. The number of piperidine rings is 1. The molecular formula is C41H44ClN9O6S. The van der Waals surface area contributed by atoms with Crippen LogP contribution in [0.15, 0.2) is 48.7 Å². The number of aryl methyl sites for hydroxylation is 2. The third kappa shape index (κ3) is 9.34. The number of unbranched alkanes of at least 4 members (excludes halogenated alkanes) is 2. The van der Waals surface area contributed by atoms with Gasteiger partial charge in [-0.3, -0.25) is 34.1 Å². The highest BCUT2D eigenvalue weighted by Gasteiger charge is 2.40. The van der Waals surface area contributed by atoms with Gasteiger partial charge < -0.3 is 25.3 Å². The molecule has 3 N–H and O–H groups in total. The van der Waals surface area contributed by atoms with Crippen molar-refractivity contribution < 1.29 is 28.8 Å². The number of nitrogens with zero attached hydrogens (tertiary/aromatic N) is 6. The molecule has 15 nitrogen and oxygen atoms in total. The molecule has 0 aliphatic carbocycles. The van der Waals surface area contributed by atoms with Gasteiger partial charge in [0.15, 0.2) is 5.13 Å². The maximum atomic E-state index is 13.1. The molecule has 5 heterocycles. The second-order valence-electron chi connectivity index (χ2n) is 14.7. The van der Waals surface area contributed by atoms with Crippen molar-refractivity contribution in [1.82, 2.24) is 30.1 Å². The molecule has 0 radical (unpaired) electrons. The first kappa shape index (κ1) is 40.5. The Morgan fingerprint density at radius 1 is 0.966 bits per heavy atom. The lowest BCUT2D eigenvalue weighted by Gasteiger charge is -2.35. The first-order chi connectivity index (χ1) is 27.9. The minimum absolute atomic E-state index is 0.0597. The van der Waals surface area contributed by atoms with E-state index in [1.807, 2.05) is 43.0 Å². The molecule has 1 unspecified atom stereocenters. The van der Waals surface area contributed by atoms with Crippen molar-refractivity contribution in [2.45, 2.75) is 77.8 Å². The van der Waals surface area contributed by atoms with Crippen LogP contribution in [0.1, 0.15) is 87.5 Å². The van der Waals surface area contributed by atoms with E-state index in [1.54, 1.807) is 18.2 Å². The lowest BCUT2D eigenvalue weighted by molar-refractivity contribution is -0.137. The predicted octanol–water partition coefficient (Wildman–Crippen LogP) is 5.37. The molecule has 5 amide bonds. The summed E-state index contributed by atoms with van der Waals surface area (Å²) in [6.07, 6.45) is 5.04. The number of hydrogen-bond acceptors (Lipinski definition) is 12. The number of Topliss-reactive ketones (excluding diaryl/α,β-unsaturated/α-hetero) is 1. The van der Waals surface area contributed by atoms with E-state index in [1.165, 1.54) is 22.4 Å². The molecule has 17 heteroatoms. The lowest BCUT2D eigenvalue weighted by Crippen LogP contribution is -2.52. The first-order valence-corrected chi connectivity index (χ1v) is 20.6. The van der Waals surface area contributed by atoms with E-state index in [4.69, 9.17) is 11.6 Å². The summed E-state index contributed by atoms with van der Waals surface area (Å²) in [5.41, 5.74) is 3.46. The summed E-state index contributed by atoms with van der Waals surface area (Å²) in [6.45, 7) is 6.26. The van der Waals surface area contributed by atoms with Crippen LogP contribution in [0, 0.1) is 13.8 Å². The third-order valence-corrected chi connectivity index (χ3v) is 11.8. The van der Waals surface area contributed by atoms with E-state index >= 15 is 0 Å². The molecule has 4 aromatic rings. The standard InChI is InChI=1S/C41H44ClN9O6S/c1-24-8-6-12-30(42)37(24)48-39(56)32-22-43-41(58-32)46-33-21-34(45-25(2)44-33)49-16-18-50(19-17-49)36(54)13-5-3-4-10-27(52)20-26-9-7-11-28-29(26)23-51(40(28)57)31-14-15-35(53)47-38(31)55/h6-9,11-12,21-22,31H,3-5,10,13-20,23H2,1-2H3,(H,48,56)(H,47,53,55)(H,43,44,45,46). The molecule has 302 valence electrons. The average Bonchev–Trinajstić information content (AvgIpc) is 3.80. The number of halogens is 1. The summed E-state index contributed by atoms with van der Waals surface area (Å²) in [7, 11) is 0. The zero-order chi connectivity index (χ0) is 40.9. The number of para-hydroxylation sites is 1. The zero-order valence-electron chi connectivity index (χ0n) is 32.3. The topological polar surface area (TPSA) is 187 Å². The van der Waals surface area contributed by atoms with Gasteiger partial charge in [-0.2, -0.15) is 0 Å². The summed E-state index contributed by atoms with van der Waals surface area (Å²) in [5.74, 6) is 0.627. The fraction of sp³-hybridized carbons (Fsp3) is 0.390. The number of fused-ring (bicyclic) bond motifs is 1. The van der Waals surface area contributed by atoms with Crippen LogP contribution in [-0.4, -0.2) is 92.3 Å². The van der Waals surface area contributed by atoms with Crippen molar-refractivity contribution in [2.75, 3.05) is 41.7 Å². The molecule has 7 rings (SSSR count). The van der Waals surface area contributed by atoms with Crippen LogP contribution in [0.3, 0.4) is 0 Å². The Bertz CT molecular complexity index is 2250. The quantitative estimate of drug-likeness (QED) is 0.110. The van der Waals surface area contributed by atoms with Gasteiger partial charge in [-0.25, -0.2) is 15.0 Å². The fourth-order valence-electron chi connectivity index (χ4n) is 7.52. The Morgan fingerprint density at radius 3 is 2.52 bits per heavy atom. The molecular weight excluding hydrogens is 782 g/mol. The van der Waals surface area contributed by atoms with Crippen molar-refractivity contribution in [3.63, 3.8) is 0 Å². The molecule has 2 aromatic heterocycles. The van der Waals surface area contributed by atoms with E-state index in [0.717, 1.165) is 28.9 Å². The van der Waals surface area contributed by atoms with Crippen LogP contribution in [0.4, 0.5) is 22.5 Å². The minimum atomic E-state index is -0.702. The van der Waals surface area contributed by atoms with Crippen LogP contribution < -0.4 is 20.9 Å². The number of carbonyl (C=O) groups excluding carboxylic acids is 6. The van der Waals surface area contributed by atoms with Gasteiger partial charge in [0.2, 0.25) is 17.7 Å². The number of benzene rings is 2. The number of nitrogens with one attached hydrogen (secondary N) is 3. The number of carbonyl (C=O) groups is 6. The number of anilines is 4. The predicted molar refractivity (Wildman–Crippen MR) is 219 cm³/mol. The average molecular weight is 826 g/mol. The van der Waals surface area contributed by atoms with Crippen LogP contribution in [0.25, 0.3) is 0 Å². The van der Waals surface area contributed by atoms with Gasteiger partial charge >= 0.3 is 0 Å². The molecule has 0 saturated carbocycles. The molecule has 2 fully saturated rings. The van der Waals surface area contributed by atoms with Gasteiger partial charge in [-0.15, -0.1) is 0 Å². The maximum Gasteiger partial charge on any atom is 0.267 e. The van der Waals surface area contributed by atoms with Crippen molar-refractivity contribution in [1.29, 1.82) is 0 Å². The molecule has 2 aromatic carbocycles. The molecule has 2 saturated heterocycles. The van der Waals surface area contributed by atoms with E-state index in [0.29, 0.717) is 89.8 Å². The number of piperazine rings is 1. The number of ketones is 1. The molecule has 3 aliphatic rings. The van der Waals surface area contributed by atoms with Crippen LogP contribution in [0.2, 0.25) is 5.02 Å². The second kappa shape index (κ2) is 17.8. The van der Waals surface area contributed by atoms with Crippen molar-refractivity contribution in [2.24, 2.45) is 0 Å². The third-order valence-electron chi connectivity index (χ3n) is 10.6. The van der Waals surface area contributed by atoms with E-state index < -0.39 is 11.9 Å². The fourth-order valence-corrected chi connectivity index (χ4v) is 8.51. The van der Waals surface area contributed by atoms with E-state index in [2.05, 4.69) is 35.8 Å². The Kier molecular flexibility index (Phi) is 12.4. The Hall–Kier alpha value is -5.74. The van der Waals surface area contributed by atoms with Crippen LogP contribution in [-0.2, 0) is 32.1 Å². The molecule has 3 aliphatic heterocycles. The summed E-state index contributed by atoms with van der Waals surface area (Å²) in [6, 6.07) is 11.9. The SMILES string of the molecule is Cc1nc(Nc2ncc(C(=O)Nc3c(C)cccc3Cl)s2)cc(N2CCN(C(=O)CCCCCC(=O)Cc3cccc4c3CN(C3CCC(=O)NC3=O)C4=O)CC2)n1. The highest BCUT2D eigenvalue weighted by molar-refractivity contribution is 7.17. The smallest absolute Gasteiger partial charge is 0.267 e. The summed E-state index contributed by atoms with van der Waals surface area (Å²) in [5, 5.41) is 9.34. The second-order valence-corrected chi connectivity index (χ2v) is 16.1. The van der Waals surface area contributed by atoms with Crippen molar-refractivity contribution in [3.8, 4) is 0 Å². The van der Waals surface area contributed by atoms with Crippen LogP contribution >= 0.6 is 22.9 Å². The van der Waals surface area contributed by atoms with E-state index in [9.17, 15) is 28.8 Å². The molecule has 1 atom stereocenters. The van der Waals surface area contributed by atoms with Gasteiger partial charge in [-0.05, 0) is 61.9 Å². The largest absolute Gasteiger partial charge is 0.353 e. The normalized spacial score (nSPS) is 16.6. The Labute approximate surface area is 344 Å². The number of thiazole rings is 1. The van der Waals surface area contributed by atoms with Crippen LogP contribution in [0.5, 0.6) is 0 Å². The van der Waals surface area contributed by atoms with Gasteiger partial charge in [0, 0.05) is 70.0 Å². The van der Waals surface area contributed by atoms with Gasteiger partial charge in [0.05, 0.1) is 16.9 Å². The van der Waals surface area contributed by atoms with Gasteiger partial charge in [-0.1, -0.05) is 53.6 Å². The molecule has 0 spiro atoms. The number of aromatic nitrogens is 3. The highest BCUT2D eigenvalue weighted by Crippen LogP contribution is 2.31. The Morgan fingerprint density at radius 2 is 1.74 bits per heavy atom. The summed E-state index contributed by atoms with van der Waals surface area (Å²) in [4.78, 5) is 95.5. The first-order valence-electron chi connectivity index (χ1n) is 19.4. The maximum absolute atomic E-state index is 13.1.